The first-order chi connectivity index (χ1) is 12.9. The number of furan rings is 1. The molecule has 0 unspecified atom stereocenters. The van der Waals surface area contributed by atoms with Crippen LogP contribution in [0.5, 0.6) is 5.95 Å². The van der Waals surface area contributed by atoms with E-state index in [1.54, 1.807) is 36.4 Å². The summed E-state index contributed by atoms with van der Waals surface area (Å²) < 4.78 is 10.4. The predicted octanol–water partition coefficient (Wildman–Crippen LogP) is 3.70. The topological polar surface area (TPSA) is 88.9 Å². The standard InChI is InChI=1S/C19H13ClN2O5/c1-21-19(25)27-15-8-11-5-10(7-14(20)16(11)26-15)9-3-4-12-13(6-9)18(24)22(2)17(12)23/h3-8H,1-2H3,(H,21,25). The molecule has 0 saturated heterocycles. The number of benzene rings is 2. The van der Waals surface area contributed by atoms with Gasteiger partial charge in [-0.1, -0.05) is 17.7 Å². The normalized spacial score (nSPS) is 13.2. The number of amides is 3. The van der Waals surface area contributed by atoms with Crippen molar-refractivity contribution < 1.29 is 23.5 Å². The van der Waals surface area contributed by atoms with E-state index >= 15 is 0 Å². The maximum Gasteiger partial charge on any atom is 0.414 e. The summed E-state index contributed by atoms with van der Waals surface area (Å²) in [5.41, 5.74) is 2.57. The van der Waals surface area contributed by atoms with E-state index in [-0.39, 0.29) is 17.8 Å². The maximum absolute atomic E-state index is 12.2. The summed E-state index contributed by atoms with van der Waals surface area (Å²) in [5.74, 6) is -0.644. The number of halogens is 1. The predicted molar refractivity (Wildman–Crippen MR) is 98.2 cm³/mol. The van der Waals surface area contributed by atoms with Crippen molar-refractivity contribution in [2.45, 2.75) is 0 Å². The van der Waals surface area contributed by atoms with Gasteiger partial charge >= 0.3 is 6.09 Å². The molecule has 3 aromatic rings. The Morgan fingerprint density at radius 1 is 1.07 bits per heavy atom. The third-order valence-corrected chi connectivity index (χ3v) is 4.65. The van der Waals surface area contributed by atoms with Crippen molar-refractivity contribution in [3.63, 3.8) is 0 Å². The van der Waals surface area contributed by atoms with E-state index < -0.39 is 6.09 Å². The highest BCUT2D eigenvalue weighted by molar-refractivity contribution is 6.35. The lowest BCUT2D eigenvalue weighted by Crippen LogP contribution is -2.24. The Hall–Kier alpha value is -3.32. The molecule has 3 amide bonds. The van der Waals surface area contributed by atoms with Gasteiger partial charge in [0.05, 0.1) is 16.1 Å². The first-order valence-electron chi connectivity index (χ1n) is 7.98. The van der Waals surface area contributed by atoms with Gasteiger partial charge in [0.1, 0.15) is 0 Å². The number of rotatable bonds is 2. The summed E-state index contributed by atoms with van der Waals surface area (Å²) >= 11 is 6.31. The Bertz CT molecular complexity index is 1130. The quantitative estimate of drug-likeness (QED) is 0.680. The monoisotopic (exact) mass is 384 g/mol. The third kappa shape index (κ3) is 2.72. The Balaban J connectivity index is 1.78. The van der Waals surface area contributed by atoms with E-state index in [9.17, 15) is 14.4 Å². The molecule has 4 rings (SSSR count). The summed E-state index contributed by atoms with van der Waals surface area (Å²) in [6.45, 7) is 0. The zero-order valence-corrected chi connectivity index (χ0v) is 15.1. The van der Waals surface area contributed by atoms with E-state index in [0.717, 1.165) is 16.0 Å². The van der Waals surface area contributed by atoms with Gasteiger partial charge in [-0.25, -0.2) is 4.79 Å². The van der Waals surface area contributed by atoms with E-state index in [2.05, 4.69) is 5.32 Å². The second kappa shape index (κ2) is 6.14. The summed E-state index contributed by atoms with van der Waals surface area (Å²) in [4.78, 5) is 36.7. The van der Waals surface area contributed by atoms with Crippen molar-refractivity contribution in [1.82, 2.24) is 10.2 Å². The minimum atomic E-state index is -0.656. The van der Waals surface area contributed by atoms with Crippen molar-refractivity contribution in [3.8, 4) is 17.1 Å². The molecule has 0 saturated carbocycles. The minimum Gasteiger partial charge on any atom is -0.424 e. The lowest BCUT2D eigenvalue weighted by atomic mass is 9.99. The van der Waals surface area contributed by atoms with Crippen molar-refractivity contribution >= 4 is 40.5 Å². The van der Waals surface area contributed by atoms with Crippen LogP contribution in [0.25, 0.3) is 22.1 Å². The second-order valence-electron chi connectivity index (χ2n) is 6.01. The van der Waals surface area contributed by atoms with Crippen LogP contribution in [0.2, 0.25) is 5.02 Å². The van der Waals surface area contributed by atoms with Crippen molar-refractivity contribution in [3.05, 3.63) is 52.5 Å². The van der Waals surface area contributed by atoms with Gasteiger partial charge < -0.3 is 14.5 Å². The molecule has 0 fully saturated rings. The highest BCUT2D eigenvalue weighted by atomic mass is 35.5. The number of hydrogen-bond acceptors (Lipinski definition) is 5. The van der Waals surface area contributed by atoms with Gasteiger partial charge in [0.25, 0.3) is 17.8 Å². The van der Waals surface area contributed by atoms with Crippen LogP contribution in [0.4, 0.5) is 4.79 Å². The number of carbonyl (C=O) groups is 3. The van der Waals surface area contributed by atoms with Crippen LogP contribution < -0.4 is 10.1 Å². The highest BCUT2D eigenvalue weighted by Gasteiger charge is 2.32. The molecule has 2 heterocycles. The van der Waals surface area contributed by atoms with Crippen molar-refractivity contribution in [1.29, 1.82) is 0 Å². The average Bonchev–Trinajstić information content (AvgIpc) is 3.16. The molecule has 2 aromatic carbocycles. The number of hydrogen-bond donors (Lipinski definition) is 1. The number of imide groups is 1. The van der Waals surface area contributed by atoms with Crippen LogP contribution in [0, 0.1) is 0 Å². The molecule has 27 heavy (non-hydrogen) atoms. The van der Waals surface area contributed by atoms with Crippen LogP contribution >= 0.6 is 11.6 Å². The Kier molecular flexibility index (Phi) is 3.89. The molecule has 0 aliphatic carbocycles. The van der Waals surface area contributed by atoms with Gasteiger partial charge in [0.2, 0.25) is 0 Å². The lowest BCUT2D eigenvalue weighted by molar-refractivity contribution is 0.0693. The summed E-state index contributed by atoms with van der Waals surface area (Å²) in [7, 11) is 2.89. The van der Waals surface area contributed by atoms with Gasteiger partial charge in [-0.15, -0.1) is 0 Å². The molecular formula is C19H13ClN2O5. The molecule has 1 aromatic heterocycles. The molecule has 0 radical (unpaired) electrons. The van der Waals surface area contributed by atoms with Gasteiger partial charge in [0.15, 0.2) is 5.58 Å². The molecule has 0 spiro atoms. The highest BCUT2D eigenvalue weighted by Crippen LogP contribution is 2.36. The zero-order valence-electron chi connectivity index (χ0n) is 14.3. The fourth-order valence-corrected chi connectivity index (χ4v) is 3.25. The van der Waals surface area contributed by atoms with Crippen LogP contribution in [-0.4, -0.2) is 36.9 Å². The fourth-order valence-electron chi connectivity index (χ4n) is 2.99. The Morgan fingerprint density at radius 3 is 2.56 bits per heavy atom. The molecule has 0 atom stereocenters. The number of carbonyl (C=O) groups excluding carboxylic acids is 3. The fraction of sp³-hybridized carbons (Fsp3) is 0.105. The van der Waals surface area contributed by atoms with Gasteiger partial charge in [0, 0.05) is 25.5 Å². The molecule has 136 valence electrons. The maximum atomic E-state index is 12.2. The molecule has 1 N–H and O–H groups in total. The number of fused-ring (bicyclic) bond motifs is 2. The molecule has 1 aliphatic heterocycles. The smallest absolute Gasteiger partial charge is 0.414 e. The van der Waals surface area contributed by atoms with Crippen LogP contribution in [0.1, 0.15) is 20.7 Å². The minimum absolute atomic E-state index is 0.0137. The van der Waals surface area contributed by atoms with Gasteiger partial charge in [-0.3, -0.25) is 14.5 Å². The van der Waals surface area contributed by atoms with Gasteiger partial charge in [-0.05, 0) is 35.4 Å². The van der Waals surface area contributed by atoms with Gasteiger partial charge in [-0.2, -0.15) is 0 Å². The van der Waals surface area contributed by atoms with Crippen molar-refractivity contribution in [2.24, 2.45) is 0 Å². The molecular weight excluding hydrogens is 372 g/mol. The lowest BCUT2D eigenvalue weighted by Gasteiger charge is -2.05. The molecule has 0 bridgehead atoms. The summed E-state index contributed by atoms with van der Waals surface area (Å²) in [6.07, 6.45) is -0.656. The number of ether oxygens (including phenoxy) is 1. The molecule has 1 aliphatic rings. The Morgan fingerprint density at radius 2 is 1.81 bits per heavy atom. The van der Waals surface area contributed by atoms with E-state index in [1.807, 2.05) is 0 Å². The number of nitrogens with one attached hydrogen (secondary N) is 1. The molecule has 7 nitrogen and oxygen atoms in total. The van der Waals surface area contributed by atoms with Crippen molar-refractivity contribution in [2.75, 3.05) is 14.1 Å². The summed E-state index contributed by atoms with van der Waals surface area (Å²) in [5, 5.41) is 3.29. The Labute approximate surface area is 158 Å². The first kappa shape index (κ1) is 17.1. The first-order valence-corrected chi connectivity index (χ1v) is 8.36. The van der Waals surface area contributed by atoms with E-state index in [4.69, 9.17) is 20.8 Å². The largest absolute Gasteiger partial charge is 0.424 e. The van der Waals surface area contributed by atoms with E-state index in [0.29, 0.717) is 27.1 Å². The molecule has 8 heteroatoms. The SMILES string of the molecule is CNC(=O)Oc1cc2cc(-c3ccc4c(c3)C(=O)N(C)C4=O)cc(Cl)c2o1. The summed E-state index contributed by atoms with van der Waals surface area (Å²) in [6, 6.07) is 10.1. The third-order valence-electron chi connectivity index (χ3n) is 4.37. The van der Waals surface area contributed by atoms with Crippen LogP contribution in [0.3, 0.4) is 0 Å². The second-order valence-corrected chi connectivity index (χ2v) is 6.42. The zero-order chi connectivity index (χ0) is 19.3. The van der Waals surface area contributed by atoms with E-state index in [1.165, 1.54) is 14.1 Å². The average molecular weight is 385 g/mol. The number of nitrogens with zero attached hydrogens (tertiary/aromatic N) is 1. The van der Waals surface area contributed by atoms with Crippen LogP contribution in [-0.2, 0) is 0 Å². The van der Waals surface area contributed by atoms with Crippen LogP contribution in [0.15, 0.2) is 40.8 Å².